The van der Waals surface area contributed by atoms with Crippen LogP contribution in [-0.2, 0) is 14.3 Å². The summed E-state index contributed by atoms with van der Waals surface area (Å²) in [4.78, 5) is 25.0. The van der Waals surface area contributed by atoms with Gasteiger partial charge in [0.15, 0.2) is 0 Å². The normalized spacial score (nSPS) is 38.2. The summed E-state index contributed by atoms with van der Waals surface area (Å²) < 4.78 is 6.43. The number of hydrogen-bond donors (Lipinski definition) is 1. The van der Waals surface area contributed by atoms with Crippen molar-refractivity contribution in [3.05, 3.63) is 28.2 Å². The molecule has 4 nitrogen and oxygen atoms in total. The van der Waals surface area contributed by atoms with Gasteiger partial charge in [0.25, 0.3) is 0 Å². The van der Waals surface area contributed by atoms with Gasteiger partial charge in [-0.3, -0.25) is 9.59 Å². The molecule has 2 saturated carbocycles. The van der Waals surface area contributed by atoms with Crippen LogP contribution in [0.2, 0.25) is 0 Å². The molecular weight excluding hydrogens is 414 g/mol. The van der Waals surface area contributed by atoms with Gasteiger partial charge in [0.1, 0.15) is 6.10 Å². The average Bonchev–Trinajstić information content (AvgIpc) is 3.06. The minimum absolute atomic E-state index is 0.0408. The molecule has 2 bridgehead atoms. The van der Waals surface area contributed by atoms with Crippen LogP contribution in [0.1, 0.15) is 12.0 Å². The second-order valence-corrected chi connectivity index (χ2v) is 8.38. The van der Waals surface area contributed by atoms with Gasteiger partial charge in [-0.05, 0) is 43.0 Å². The van der Waals surface area contributed by atoms with Crippen molar-refractivity contribution in [3.63, 3.8) is 0 Å². The lowest BCUT2D eigenvalue weighted by atomic mass is 9.79. The van der Waals surface area contributed by atoms with Crippen molar-refractivity contribution in [3.8, 4) is 0 Å². The number of fused-ring (bicyclic) bond motifs is 1. The number of hydrogen-bond acceptors (Lipinski definition) is 3. The van der Waals surface area contributed by atoms with Crippen LogP contribution in [0.4, 0.5) is 5.69 Å². The Bertz CT molecular complexity index is 677. The lowest BCUT2D eigenvalue weighted by Crippen LogP contribution is -2.40. The van der Waals surface area contributed by atoms with Crippen LogP contribution >= 0.6 is 31.9 Å². The van der Waals surface area contributed by atoms with Crippen molar-refractivity contribution in [2.45, 2.75) is 24.3 Å². The summed E-state index contributed by atoms with van der Waals surface area (Å²) in [5, 5.41) is 3.00. The quantitative estimate of drug-likeness (QED) is 0.581. The Hall–Kier alpha value is -0.880. The molecule has 0 radical (unpaired) electrons. The van der Waals surface area contributed by atoms with E-state index < -0.39 is 0 Å². The predicted molar refractivity (Wildman–Crippen MR) is 88.7 cm³/mol. The number of nitrogens with one attached hydrogen (secondary N) is 1. The van der Waals surface area contributed by atoms with E-state index in [1.807, 2.05) is 25.1 Å². The van der Waals surface area contributed by atoms with Crippen molar-refractivity contribution in [2.24, 2.45) is 23.7 Å². The molecule has 0 aromatic heterocycles. The lowest BCUT2D eigenvalue weighted by Gasteiger charge is -2.27. The number of carbonyl (C=O) groups excluding carboxylic acids is 2. The minimum Gasteiger partial charge on any atom is -0.461 e. The maximum absolute atomic E-state index is 12.8. The second kappa shape index (κ2) is 5.06. The molecule has 0 spiro atoms. The molecule has 1 saturated heterocycles. The summed E-state index contributed by atoms with van der Waals surface area (Å²) in [6, 6.07) is 5.74. The average molecular weight is 429 g/mol. The van der Waals surface area contributed by atoms with E-state index in [-0.39, 0.29) is 46.5 Å². The van der Waals surface area contributed by atoms with Crippen molar-refractivity contribution >= 4 is 49.4 Å². The van der Waals surface area contributed by atoms with E-state index >= 15 is 0 Å². The first kappa shape index (κ1) is 14.7. The molecule has 3 aliphatic rings. The fraction of sp³-hybridized carbons (Fsp3) is 0.500. The van der Waals surface area contributed by atoms with Gasteiger partial charge in [-0.25, -0.2) is 0 Å². The Morgan fingerprint density at radius 2 is 2.14 bits per heavy atom. The monoisotopic (exact) mass is 427 g/mol. The summed E-state index contributed by atoms with van der Waals surface area (Å²) in [6.07, 6.45) is 0.856. The van der Waals surface area contributed by atoms with E-state index in [1.165, 1.54) is 0 Å². The third kappa shape index (κ3) is 1.99. The minimum atomic E-state index is -0.288. The van der Waals surface area contributed by atoms with Crippen molar-refractivity contribution < 1.29 is 14.3 Å². The van der Waals surface area contributed by atoms with Crippen molar-refractivity contribution in [1.82, 2.24) is 0 Å². The van der Waals surface area contributed by atoms with Gasteiger partial charge in [0.05, 0.1) is 16.7 Å². The van der Waals surface area contributed by atoms with Crippen LogP contribution in [0.25, 0.3) is 0 Å². The first-order valence-electron chi connectivity index (χ1n) is 7.39. The van der Waals surface area contributed by atoms with E-state index in [0.29, 0.717) is 0 Å². The topological polar surface area (TPSA) is 55.4 Å². The number of benzene rings is 1. The third-order valence-electron chi connectivity index (χ3n) is 5.27. The molecule has 1 aromatic rings. The smallest absolute Gasteiger partial charge is 0.310 e. The van der Waals surface area contributed by atoms with Crippen LogP contribution in [0, 0.1) is 30.6 Å². The first-order valence-corrected chi connectivity index (χ1v) is 9.10. The number of ether oxygens (including phenoxy) is 1. The molecule has 1 N–H and O–H groups in total. The number of esters is 1. The predicted octanol–water partition coefficient (Wildman–Crippen LogP) is 3.27. The zero-order valence-corrected chi connectivity index (χ0v) is 15.1. The number of rotatable bonds is 2. The molecule has 22 heavy (non-hydrogen) atoms. The van der Waals surface area contributed by atoms with Crippen LogP contribution in [0.15, 0.2) is 22.7 Å². The Balaban J connectivity index is 1.59. The first-order chi connectivity index (χ1) is 10.5. The molecule has 0 unspecified atom stereocenters. The Morgan fingerprint density at radius 3 is 2.86 bits per heavy atom. The molecular formula is C16H15Br2NO3. The van der Waals surface area contributed by atoms with Gasteiger partial charge in [-0.15, -0.1) is 0 Å². The molecule has 116 valence electrons. The van der Waals surface area contributed by atoms with E-state index in [2.05, 4.69) is 37.2 Å². The highest BCUT2D eigenvalue weighted by Gasteiger charge is 2.67. The molecule has 2 aliphatic carbocycles. The molecule has 6 atom stereocenters. The summed E-state index contributed by atoms with van der Waals surface area (Å²) in [5.41, 5.74) is 1.79. The van der Waals surface area contributed by atoms with Gasteiger partial charge in [-0.2, -0.15) is 0 Å². The molecule has 1 heterocycles. The number of aryl methyl sites for hydroxylation is 1. The molecule has 4 rings (SSSR count). The largest absolute Gasteiger partial charge is 0.461 e. The standard InChI is InChI=1S/C16H15Br2NO3/c1-6-4-7(17)2-3-10(6)19-15(20)11-8-5-9-12(11)16(21)22-14(9)13(8)18/h2-4,8-9,11-14H,5H2,1H3,(H,19,20)/t8-,9-,11-,12-,13+,14+/m1/s1. The van der Waals surface area contributed by atoms with Gasteiger partial charge in [-0.1, -0.05) is 31.9 Å². The number of carbonyl (C=O) groups is 2. The van der Waals surface area contributed by atoms with Gasteiger partial charge in [0.2, 0.25) is 5.91 Å². The molecule has 1 amide bonds. The van der Waals surface area contributed by atoms with Crippen LogP contribution < -0.4 is 5.32 Å². The van der Waals surface area contributed by atoms with Crippen LogP contribution in [0.3, 0.4) is 0 Å². The molecule has 1 aromatic carbocycles. The van der Waals surface area contributed by atoms with Crippen molar-refractivity contribution in [2.75, 3.05) is 5.32 Å². The zero-order chi connectivity index (χ0) is 15.6. The SMILES string of the molecule is Cc1cc(Br)ccc1NC(=O)[C@@H]1[C@H]2C[C@H]3[C@H](OC(=O)[C@H]31)[C@H]2Br. The van der Waals surface area contributed by atoms with Gasteiger partial charge in [0, 0.05) is 16.1 Å². The fourth-order valence-corrected chi connectivity index (χ4v) is 5.83. The second-order valence-electron chi connectivity index (χ2n) is 6.41. The summed E-state index contributed by atoms with van der Waals surface area (Å²) in [5.74, 6) is -0.439. The van der Waals surface area contributed by atoms with E-state index in [1.54, 1.807) is 0 Å². The number of halogens is 2. The maximum atomic E-state index is 12.8. The number of alkyl halides is 1. The highest BCUT2D eigenvalue weighted by molar-refractivity contribution is 9.10. The summed E-state index contributed by atoms with van der Waals surface area (Å²) in [7, 11) is 0. The van der Waals surface area contributed by atoms with Gasteiger partial charge < -0.3 is 10.1 Å². The van der Waals surface area contributed by atoms with Crippen LogP contribution in [0.5, 0.6) is 0 Å². The number of anilines is 1. The van der Waals surface area contributed by atoms with E-state index in [9.17, 15) is 9.59 Å². The highest BCUT2D eigenvalue weighted by atomic mass is 79.9. The van der Waals surface area contributed by atoms with E-state index in [0.717, 1.165) is 22.1 Å². The Morgan fingerprint density at radius 1 is 1.36 bits per heavy atom. The van der Waals surface area contributed by atoms with Gasteiger partial charge >= 0.3 is 5.97 Å². The fourth-order valence-electron chi connectivity index (χ4n) is 4.31. The lowest BCUT2D eigenvalue weighted by molar-refractivity contribution is -0.145. The highest BCUT2D eigenvalue weighted by Crippen LogP contribution is 2.60. The third-order valence-corrected chi connectivity index (χ3v) is 6.97. The van der Waals surface area contributed by atoms with Crippen molar-refractivity contribution in [1.29, 1.82) is 0 Å². The van der Waals surface area contributed by atoms with E-state index in [4.69, 9.17) is 4.74 Å². The summed E-state index contributed by atoms with van der Waals surface area (Å²) in [6.45, 7) is 1.95. The maximum Gasteiger partial charge on any atom is 0.310 e. The molecule has 3 fully saturated rings. The Labute approximate surface area is 145 Å². The Kier molecular flexibility index (Phi) is 3.38. The van der Waals surface area contributed by atoms with Crippen LogP contribution in [-0.4, -0.2) is 22.8 Å². The molecule has 6 heteroatoms. The number of amides is 1. The molecule has 1 aliphatic heterocycles. The summed E-state index contributed by atoms with van der Waals surface area (Å²) >= 11 is 7.05. The zero-order valence-electron chi connectivity index (χ0n) is 11.9.